The summed E-state index contributed by atoms with van der Waals surface area (Å²) in [6.07, 6.45) is 2.23. The minimum Gasteiger partial charge on any atom is -0.390 e. The molecule has 0 saturated carbocycles. The Kier molecular flexibility index (Phi) is 2.69. The highest BCUT2D eigenvalue weighted by atomic mass is 16.5. The highest BCUT2D eigenvalue weighted by Crippen LogP contribution is 2.21. The van der Waals surface area contributed by atoms with E-state index >= 15 is 0 Å². The summed E-state index contributed by atoms with van der Waals surface area (Å²) in [5.74, 6) is 0.415. The van der Waals surface area contributed by atoms with Gasteiger partial charge in [-0.15, -0.1) is 0 Å². The van der Waals surface area contributed by atoms with Crippen LogP contribution in [0.15, 0.2) is 0 Å². The third kappa shape index (κ3) is 1.70. The van der Waals surface area contributed by atoms with E-state index in [4.69, 9.17) is 4.74 Å². The van der Waals surface area contributed by atoms with Crippen molar-refractivity contribution in [1.29, 1.82) is 0 Å². The molecule has 0 spiro atoms. The molecule has 1 aliphatic rings. The molecule has 0 aromatic heterocycles. The van der Waals surface area contributed by atoms with Crippen molar-refractivity contribution < 1.29 is 9.84 Å². The maximum atomic E-state index is 9.27. The van der Waals surface area contributed by atoms with Gasteiger partial charge in [-0.2, -0.15) is 0 Å². The third-order valence-electron chi connectivity index (χ3n) is 2.25. The van der Waals surface area contributed by atoms with Crippen molar-refractivity contribution in [2.24, 2.45) is 5.92 Å². The fraction of sp³-hybridized carbons (Fsp3) is 1.00. The summed E-state index contributed by atoms with van der Waals surface area (Å²) in [6, 6.07) is 0. The summed E-state index contributed by atoms with van der Waals surface area (Å²) in [5, 5.41) is 9.27. The van der Waals surface area contributed by atoms with Gasteiger partial charge in [0.15, 0.2) is 0 Å². The van der Waals surface area contributed by atoms with Crippen molar-refractivity contribution in [3.05, 3.63) is 0 Å². The summed E-state index contributed by atoms with van der Waals surface area (Å²) < 4.78 is 5.36. The van der Waals surface area contributed by atoms with Crippen LogP contribution >= 0.6 is 0 Å². The lowest BCUT2D eigenvalue weighted by molar-refractivity contribution is -0.0840. The number of ether oxygens (including phenoxy) is 1. The number of aliphatic hydroxyl groups excluding tert-OH is 1. The van der Waals surface area contributed by atoms with E-state index in [1.165, 1.54) is 0 Å². The quantitative estimate of drug-likeness (QED) is 0.599. The van der Waals surface area contributed by atoms with E-state index in [1.54, 1.807) is 0 Å². The Bertz CT molecular complexity index is 103. The number of aliphatic hydroxyl groups is 1. The molecule has 0 aromatic carbocycles. The van der Waals surface area contributed by atoms with Gasteiger partial charge in [0, 0.05) is 0 Å². The summed E-state index contributed by atoms with van der Waals surface area (Å²) >= 11 is 0. The van der Waals surface area contributed by atoms with Crippen molar-refractivity contribution in [1.82, 2.24) is 0 Å². The van der Waals surface area contributed by atoms with Gasteiger partial charge in [-0.05, 0) is 18.8 Å². The van der Waals surface area contributed by atoms with Crippen LogP contribution < -0.4 is 0 Å². The third-order valence-corrected chi connectivity index (χ3v) is 2.25. The molecule has 60 valence electrons. The molecule has 1 heterocycles. The summed E-state index contributed by atoms with van der Waals surface area (Å²) in [5.41, 5.74) is 0. The Morgan fingerprint density at radius 3 is 2.80 bits per heavy atom. The van der Waals surface area contributed by atoms with Crippen LogP contribution in [0.5, 0.6) is 0 Å². The predicted molar refractivity (Wildman–Crippen MR) is 39.8 cm³/mol. The highest BCUT2D eigenvalue weighted by Gasteiger charge is 2.24. The highest BCUT2D eigenvalue weighted by molar-refractivity contribution is 4.74. The molecule has 1 aliphatic heterocycles. The molecule has 10 heavy (non-hydrogen) atoms. The van der Waals surface area contributed by atoms with Crippen molar-refractivity contribution in [2.45, 2.75) is 38.9 Å². The zero-order chi connectivity index (χ0) is 7.56. The molecule has 2 heteroatoms. The molecule has 1 fully saturated rings. The largest absolute Gasteiger partial charge is 0.390 e. The Hall–Kier alpha value is -0.0800. The van der Waals surface area contributed by atoms with Gasteiger partial charge < -0.3 is 9.84 Å². The van der Waals surface area contributed by atoms with Gasteiger partial charge in [0.1, 0.15) is 0 Å². The van der Waals surface area contributed by atoms with Crippen LogP contribution in [0.2, 0.25) is 0 Å². The van der Waals surface area contributed by atoms with Crippen molar-refractivity contribution in [3.8, 4) is 0 Å². The molecule has 1 rings (SSSR count). The van der Waals surface area contributed by atoms with Gasteiger partial charge in [0.05, 0.1) is 18.8 Å². The molecule has 0 aliphatic carbocycles. The number of hydrogen-bond acceptors (Lipinski definition) is 2. The van der Waals surface area contributed by atoms with Crippen molar-refractivity contribution in [2.75, 3.05) is 6.61 Å². The second kappa shape index (κ2) is 3.35. The average molecular weight is 144 g/mol. The first kappa shape index (κ1) is 8.02. The van der Waals surface area contributed by atoms with Crippen LogP contribution in [-0.2, 0) is 4.74 Å². The minimum atomic E-state index is -0.234. The van der Waals surface area contributed by atoms with E-state index in [9.17, 15) is 5.11 Å². The van der Waals surface area contributed by atoms with Crippen LogP contribution in [0.25, 0.3) is 0 Å². The fourth-order valence-electron chi connectivity index (χ4n) is 1.32. The van der Waals surface area contributed by atoms with E-state index in [0.29, 0.717) is 18.6 Å². The molecule has 2 nitrogen and oxygen atoms in total. The monoisotopic (exact) mass is 144 g/mol. The topological polar surface area (TPSA) is 29.5 Å². The van der Waals surface area contributed by atoms with Crippen molar-refractivity contribution in [3.63, 3.8) is 0 Å². The predicted octanol–water partition coefficient (Wildman–Crippen LogP) is 1.18. The second-order valence-corrected chi connectivity index (χ2v) is 3.14. The SMILES string of the molecule is CC[C@@H]1C[C@H](C)[C@H](O)CO1. The number of hydrogen-bond donors (Lipinski definition) is 1. The van der Waals surface area contributed by atoms with E-state index in [1.807, 2.05) is 0 Å². The molecular formula is C8H16O2. The molecule has 1 saturated heterocycles. The van der Waals surface area contributed by atoms with E-state index in [2.05, 4.69) is 13.8 Å². The zero-order valence-corrected chi connectivity index (χ0v) is 6.71. The molecule has 3 atom stereocenters. The Morgan fingerprint density at radius 1 is 1.60 bits per heavy atom. The minimum absolute atomic E-state index is 0.234. The van der Waals surface area contributed by atoms with Crippen LogP contribution in [0.4, 0.5) is 0 Å². The first-order valence-electron chi connectivity index (χ1n) is 4.03. The van der Waals surface area contributed by atoms with Gasteiger partial charge >= 0.3 is 0 Å². The van der Waals surface area contributed by atoms with E-state index in [-0.39, 0.29) is 6.10 Å². The lowest BCUT2D eigenvalue weighted by atomic mass is 9.94. The zero-order valence-electron chi connectivity index (χ0n) is 6.71. The summed E-state index contributed by atoms with van der Waals surface area (Å²) in [6.45, 7) is 4.73. The first-order valence-corrected chi connectivity index (χ1v) is 4.03. The van der Waals surface area contributed by atoms with Gasteiger partial charge in [0.2, 0.25) is 0 Å². The van der Waals surface area contributed by atoms with Crippen molar-refractivity contribution >= 4 is 0 Å². The lowest BCUT2D eigenvalue weighted by Gasteiger charge is -2.30. The molecule has 0 unspecified atom stereocenters. The van der Waals surface area contributed by atoms with Gasteiger partial charge in [-0.1, -0.05) is 13.8 Å². The molecular weight excluding hydrogens is 128 g/mol. The first-order chi connectivity index (χ1) is 4.74. The van der Waals surface area contributed by atoms with Crippen LogP contribution in [0.3, 0.4) is 0 Å². The maximum absolute atomic E-state index is 9.27. The normalized spacial score (nSPS) is 41.7. The second-order valence-electron chi connectivity index (χ2n) is 3.14. The Balaban J connectivity index is 2.33. The molecule has 1 N–H and O–H groups in total. The number of rotatable bonds is 1. The van der Waals surface area contributed by atoms with E-state index < -0.39 is 0 Å². The van der Waals surface area contributed by atoms with Crippen LogP contribution in [0.1, 0.15) is 26.7 Å². The summed E-state index contributed by atoms with van der Waals surface area (Å²) in [4.78, 5) is 0. The molecule has 0 radical (unpaired) electrons. The Labute approximate surface area is 62.2 Å². The molecule has 0 aromatic rings. The standard InChI is InChI=1S/C8H16O2/c1-3-7-4-6(2)8(9)5-10-7/h6-9H,3-5H2,1-2H3/t6-,7+,8+/m0/s1. The van der Waals surface area contributed by atoms with Gasteiger partial charge in [-0.3, -0.25) is 0 Å². The van der Waals surface area contributed by atoms with Crippen LogP contribution in [-0.4, -0.2) is 23.9 Å². The average Bonchev–Trinajstić information content (AvgIpc) is 1.95. The van der Waals surface area contributed by atoms with Crippen LogP contribution in [0, 0.1) is 5.92 Å². The fourth-order valence-corrected chi connectivity index (χ4v) is 1.32. The van der Waals surface area contributed by atoms with Gasteiger partial charge in [0.25, 0.3) is 0 Å². The smallest absolute Gasteiger partial charge is 0.0800 e. The van der Waals surface area contributed by atoms with E-state index in [0.717, 1.165) is 12.8 Å². The molecule has 0 bridgehead atoms. The maximum Gasteiger partial charge on any atom is 0.0800 e. The summed E-state index contributed by atoms with van der Waals surface area (Å²) in [7, 11) is 0. The molecule has 0 amide bonds. The van der Waals surface area contributed by atoms with Gasteiger partial charge in [-0.25, -0.2) is 0 Å². The lowest BCUT2D eigenvalue weighted by Crippen LogP contribution is -2.35. The Morgan fingerprint density at radius 2 is 2.30 bits per heavy atom.